The fourth-order valence-electron chi connectivity index (χ4n) is 6.17. The highest BCUT2D eigenvalue weighted by Gasteiger charge is 2.53. The van der Waals surface area contributed by atoms with Crippen molar-refractivity contribution in [2.45, 2.75) is 50.7 Å². The molecule has 0 bridgehead atoms. The molecule has 33 heavy (non-hydrogen) atoms. The second-order valence-electron chi connectivity index (χ2n) is 10.4. The molecule has 1 amide bonds. The fraction of sp³-hybridized carbons (Fsp3) is 0.536. The SMILES string of the molecule is COC1C[C@H](N(CC(C)C)C(=O)c2ccccc2)C[C@]2(c3cccc(O)c3)CCN(C)C[C@@H]12. The largest absolute Gasteiger partial charge is 0.508 e. The van der Waals surface area contributed by atoms with Gasteiger partial charge in [-0.05, 0) is 68.6 Å². The maximum Gasteiger partial charge on any atom is 0.254 e. The Kier molecular flexibility index (Phi) is 7.10. The quantitative estimate of drug-likeness (QED) is 0.701. The maximum absolute atomic E-state index is 13.7. The topological polar surface area (TPSA) is 53.0 Å². The number of fused-ring (bicyclic) bond motifs is 1. The number of hydrogen-bond donors (Lipinski definition) is 1. The van der Waals surface area contributed by atoms with Crippen LogP contribution in [0.3, 0.4) is 0 Å². The molecule has 4 rings (SSSR count). The van der Waals surface area contributed by atoms with Crippen LogP contribution < -0.4 is 0 Å². The third-order valence-electron chi connectivity index (χ3n) is 7.72. The van der Waals surface area contributed by atoms with E-state index < -0.39 is 0 Å². The molecule has 1 saturated heterocycles. The Morgan fingerprint density at radius 3 is 2.64 bits per heavy atom. The van der Waals surface area contributed by atoms with Crippen LogP contribution in [0.1, 0.15) is 49.0 Å². The lowest BCUT2D eigenvalue weighted by Gasteiger charge is -2.56. The van der Waals surface area contributed by atoms with Crippen LogP contribution in [-0.4, -0.2) is 66.8 Å². The number of rotatable bonds is 6. The van der Waals surface area contributed by atoms with E-state index in [2.05, 4.69) is 36.8 Å². The Bertz CT molecular complexity index is 947. The maximum atomic E-state index is 13.7. The highest BCUT2D eigenvalue weighted by Crippen LogP contribution is 2.51. The Morgan fingerprint density at radius 1 is 1.21 bits per heavy atom. The van der Waals surface area contributed by atoms with E-state index in [1.54, 1.807) is 13.2 Å². The van der Waals surface area contributed by atoms with E-state index in [1.807, 2.05) is 42.5 Å². The summed E-state index contributed by atoms with van der Waals surface area (Å²) in [4.78, 5) is 18.2. The van der Waals surface area contributed by atoms with Crippen molar-refractivity contribution >= 4 is 5.91 Å². The Morgan fingerprint density at radius 2 is 1.97 bits per heavy atom. The minimum absolute atomic E-state index is 0.0482. The highest BCUT2D eigenvalue weighted by atomic mass is 16.5. The van der Waals surface area contributed by atoms with Gasteiger partial charge in [-0.1, -0.05) is 44.2 Å². The van der Waals surface area contributed by atoms with Gasteiger partial charge in [-0.25, -0.2) is 0 Å². The van der Waals surface area contributed by atoms with E-state index in [1.165, 1.54) is 5.56 Å². The molecule has 0 aromatic heterocycles. The summed E-state index contributed by atoms with van der Waals surface area (Å²) in [5.41, 5.74) is 1.77. The molecular formula is C28H38N2O3. The molecule has 2 aromatic rings. The first-order chi connectivity index (χ1) is 15.8. The Balaban J connectivity index is 1.76. The van der Waals surface area contributed by atoms with E-state index in [0.29, 0.717) is 17.6 Å². The highest BCUT2D eigenvalue weighted by molar-refractivity contribution is 5.94. The molecule has 178 valence electrons. The molecule has 0 spiro atoms. The third kappa shape index (κ3) is 4.80. The molecule has 2 aliphatic rings. The van der Waals surface area contributed by atoms with Crippen molar-refractivity contribution < 1.29 is 14.6 Å². The summed E-state index contributed by atoms with van der Waals surface area (Å²) < 4.78 is 6.13. The minimum Gasteiger partial charge on any atom is -0.508 e. The zero-order valence-electron chi connectivity index (χ0n) is 20.4. The molecule has 4 atom stereocenters. The molecule has 2 aromatic carbocycles. The van der Waals surface area contributed by atoms with E-state index in [9.17, 15) is 9.90 Å². The summed E-state index contributed by atoms with van der Waals surface area (Å²) in [6.45, 7) is 7.01. The summed E-state index contributed by atoms with van der Waals surface area (Å²) in [5.74, 6) is 1.08. The van der Waals surface area contributed by atoms with Crippen molar-refractivity contribution in [3.05, 3.63) is 65.7 Å². The molecule has 5 heteroatoms. The number of likely N-dealkylation sites (tertiary alicyclic amines) is 1. The van der Waals surface area contributed by atoms with Crippen molar-refractivity contribution in [1.82, 2.24) is 9.80 Å². The average molecular weight is 451 g/mol. The third-order valence-corrected chi connectivity index (χ3v) is 7.72. The van der Waals surface area contributed by atoms with Gasteiger partial charge in [0, 0.05) is 43.1 Å². The monoisotopic (exact) mass is 450 g/mol. The first-order valence-electron chi connectivity index (χ1n) is 12.2. The van der Waals surface area contributed by atoms with Crippen LogP contribution in [0.4, 0.5) is 0 Å². The van der Waals surface area contributed by atoms with Crippen LogP contribution >= 0.6 is 0 Å². The van der Waals surface area contributed by atoms with Gasteiger partial charge < -0.3 is 19.6 Å². The normalized spacial score (nSPS) is 27.8. The minimum atomic E-state index is -0.138. The number of nitrogens with zero attached hydrogens (tertiary/aromatic N) is 2. The number of aromatic hydroxyl groups is 1. The molecule has 1 aliphatic carbocycles. The van der Waals surface area contributed by atoms with Crippen molar-refractivity contribution in [3.8, 4) is 5.75 Å². The molecule has 5 nitrogen and oxygen atoms in total. The second kappa shape index (κ2) is 9.86. The zero-order valence-corrected chi connectivity index (χ0v) is 20.4. The first-order valence-corrected chi connectivity index (χ1v) is 12.2. The number of ether oxygens (including phenoxy) is 1. The second-order valence-corrected chi connectivity index (χ2v) is 10.4. The van der Waals surface area contributed by atoms with E-state index in [0.717, 1.165) is 44.5 Å². The summed E-state index contributed by atoms with van der Waals surface area (Å²) >= 11 is 0. The predicted octanol–water partition coefficient (Wildman–Crippen LogP) is 4.56. The number of phenolic OH excluding ortho intramolecular Hbond substituents is 1. The van der Waals surface area contributed by atoms with Crippen LogP contribution in [0.25, 0.3) is 0 Å². The molecule has 1 saturated carbocycles. The van der Waals surface area contributed by atoms with Gasteiger partial charge in [-0.15, -0.1) is 0 Å². The van der Waals surface area contributed by atoms with Gasteiger partial charge in [-0.2, -0.15) is 0 Å². The summed E-state index contributed by atoms with van der Waals surface area (Å²) in [5, 5.41) is 10.3. The first kappa shape index (κ1) is 23.8. The summed E-state index contributed by atoms with van der Waals surface area (Å²) in [7, 11) is 3.98. The number of piperidine rings is 1. The van der Waals surface area contributed by atoms with Crippen LogP contribution in [0, 0.1) is 11.8 Å². The number of benzene rings is 2. The van der Waals surface area contributed by atoms with Crippen molar-refractivity contribution in [1.29, 1.82) is 0 Å². The Labute approximate surface area is 198 Å². The number of methoxy groups -OCH3 is 1. The molecule has 1 unspecified atom stereocenters. The van der Waals surface area contributed by atoms with Gasteiger partial charge >= 0.3 is 0 Å². The predicted molar refractivity (Wildman–Crippen MR) is 132 cm³/mol. The standard InChI is InChI=1S/C28H38N2O3/c1-20(2)18-30(27(32)21-9-6-5-7-10-21)23-16-26(33-4)25-19-29(3)14-13-28(25,17-23)22-11-8-12-24(31)15-22/h5-12,15,20,23,25-26,31H,13-14,16-19H2,1-4H3/t23-,25-,26?,28-/m0/s1. The van der Waals surface area contributed by atoms with E-state index in [4.69, 9.17) is 4.74 Å². The lowest BCUT2D eigenvalue weighted by atomic mass is 9.56. The lowest BCUT2D eigenvalue weighted by molar-refractivity contribution is -0.0783. The molecular weight excluding hydrogens is 412 g/mol. The number of phenols is 1. The van der Waals surface area contributed by atoms with Crippen molar-refractivity contribution in [3.63, 3.8) is 0 Å². The van der Waals surface area contributed by atoms with E-state index in [-0.39, 0.29) is 23.5 Å². The fourth-order valence-corrected chi connectivity index (χ4v) is 6.17. The van der Waals surface area contributed by atoms with Gasteiger partial charge in [0.1, 0.15) is 5.75 Å². The molecule has 1 heterocycles. The van der Waals surface area contributed by atoms with Crippen molar-refractivity contribution in [2.75, 3.05) is 33.8 Å². The van der Waals surface area contributed by atoms with Gasteiger partial charge in [0.25, 0.3) is 5.91 Å². The zero-order chi connectivity index (χ0) is 23.6. The van der Waals surface area contributed by atoms with Crippen LogP contribution in [0.15, 0.2) is 54.6 Å². The smallest absolute Gasteiger partial charge is 0.254 e. The van der Waals surface area contributed by atoms with E-state index >= 15 is 0 Å². The lowest BCUT2D eigenvalue weighted by Crippen LogP contribution is -2.61. The van der Waals surface area contributed by atoms with Crippen LogP contribution in [-0.2, 0) is 10.2 Å². The van der Waals surface area contributed by atoms with Crippen LogP contribution in [0.5, 0.6) is 5.75 Å². The molecule has 0 radical (unpaired) electrons. The van der Waals surface area contributed by atoms with Crippen LogP contribution in [0.2, 0.25) is 0 Å². The molecule has 1 aliphatic heterocycles. The van der Waals surface area contributed by atoms with Crippen molar-refractivity contribution in [2.24, 2.45) is 11.8 Å². The van der Waals surface area contributed by atoms with Gasteiger partial charge in [0.2, 0.25) is 0 Å². The average Bonchev–Trinajstić information content (AvgIpc) is 2.82. The Hall–Kier alpha value is -2.37. The number of amides is 1. The number of carbonyl (C=O) groups excluding carboxylic acids is 1. The van der Waals surface area contributed by atoms with Gasteiger partial charge in [0.15, 0.2) is 0 Å². The molecule has 2 fully saturated rings. The molecule has 1 N–H and O–H groups in total. The van der Waals surface area contributed by atoms with Gasteiger partial charge in [0.05, 0.1) is 6.10 Å². The van der Waals surface area contributed by atoms with Gasteiger partial charge in [-0.3, -0.25) is 4.79 Å². The number of carbonyl (C=O) groups is 1. The number of hydrogen-bond acceptors (Lipinski definition) is 4. The summed E-state index contributed by atoms with van der Waals surface area (Å²) in [6.07, 6.45) is 2.76. The summed E-state index contributed by atoms with van der Waals surface area (Å²) in [6, 6.07) is 17.5.